The fourth-order valence-electron chi connectivity index (χ4n) is 1.58. The zero-order valence-electron chi connectivity index (χ0n) is 12.8. The second kappa shape index (κ2) is 9.33. The number of nitrogens with zero attached hydrogens (tertiary/aromatic N) is 1. The summed E-state index contributed by atoms with van der Waals surface area (Å²) in [6.45, 7) is 7.65. The second-order valence-electron chi connectivity index (χ2n) is 4.86. The standard InChI is InChI=1S/C16H21N3O3/c1-4-8-22-14-7-5-6-13(9-14)11-17-19-16(21)10-15(20)18-12(2)3/h4-7,9,11-12H,1,8,10H2,2-3H3,(H,18,20)(H,19,21)/b17-11-. The van der Waals surface area contributed by atoms with Gasteiger partial charge in [0.25, 0.3) is 0 Å². The predicted octanol–water partition coefficient (Wildman–Crippen LogP) is 1.62. The molecule has 0 aliphatic heterocycles. The van der Waals surface area contributed by atoms with Crippen LogP contribution in [0.4, 0.5) is 0 Å². The summed E-state index contributed by atoms with van der Waals surface area (Å²) in [5.41, 5.74) is 3.08. The molecule has 2 N–H and O–H groups in total. The summed E-state index contributed by atoms with van der Waals surface area (Å²) < 4.78 is 5.39. The summed E-state index contributed by atoms with van der Waals surface area (Å²) in [6.07, 6.45) is 2.89. The molecule has 6 nitrogen and oxygen atoms in total. The average molecular weight is 303 g/mol. The number of benzene rings is 1. The molecule has 0 saturated heterocycles. The Hall–Kier alpha value is -2.63. The SMILES string of the molecule is C=CCOc1cccc(/C=N\NC(=O)CC(=O)NC(C)C)c1. The molecule has 1 aromatic rings. The molecule has 22 heavy (non-hydrogen) atoms. The highest BCUT2D eigenvalue weighted by Gasteiger charge is 2.08. The molecule has 0 fully saturated rings. The van der Waals surface area contributed by atoms with Gasteiger partial charge in [-0.3, -0.25) is 9.59 Å². The Balaban J connectivity index is 2.46. The first-order valence-corrected chi connectivity index (χ1v) is 6.96. The number of hydrazone groups is 1. The van der Waals surface area contributed by atoms with Gasteiger partial charge in [0.05, 0.1) is 6.21 Å². The summed E-state index contributed by atoms with van der Waals surface area (Å²) in [7, 11) is 0. The summed E-state index contributed by atoms with van der Waals surface area (Å²) in [6, 6.07) is 7.24. The highest BCUT2D eigenvalue weighted by atomic mass is 16.5. The van der Waals surface area contributed by atoms with E-state index in [1.807, 2.05) is 32.0 Å². The van der Waals surface area contributed by atoms with E-state index in [1.165, 1.54) is 6.21 Å². The highest BCUT2D eigenvalue weighted by Crippen LogP contribution is 2.11. The number of hydrogen-bond acceptors (Lipinski definition) is 4. The predicted molar refractivity (Wildman–Crippen MR) is 85.8 cm³/mol. The van der Waals surface area contributed by atoms with Crippen LogP contribution in [0.3, 0.4) is 0 Å². The maximum atomic E-state index is 11.5. The lowest BCUT2D eigenvalue weighted by Crippen LogP contribution is -2.34. The van der Waals surface area contributed by atoms with Crippen molar-refractivity contribution in [2.75, 3.05) is 6.61 Å². The molecule has 0 spiro atoms. The molecule has 118 valence electrons. The number of nitrogens with one attached hydrogen (secondary N) is 2. The van der Waals surface area contributed by atoms with Crippen LogP contribution in [-0.2, 0) is 9.59 Å². The van der Waals surface area contributed by atoms with Gasteiger partial charge in [-0.2, -0.15) is 5.10 Å². The van der Waals surface area contributed by atoms with Gasteiger partial charge in [-0.15, -0.1) is 0 Å². The van der Waals surface area contributed by atoms with Crippen molar-refractivity contribution >= 4 is 18.0 Å². The van der Waals surface area contributed by atoms with Crippen LogP contribution in [0.5, 0.6) is 5.75 Å². The van der Waals surface area contributed by atoms with E-state index < -0.39 is 5.91 Å². The van der Waals surface area contributed by atoms with E-state index in [4.69, 9.17) is 4.74 Å². The smallest absolute Gasteiger partial charge is 0.249 e. The Morgan fingerprint density at radius 2 is 2.14 bits per heavy atom. The largest absolute Gasteiger partial charge is 0.490 e. The molecule has 1 rings (SSSR count). The van der Waals surface area contributed by atoms with Gasteiger partial charge in [-0.25, -0.2) is 5.43 Å². The van der Waals surface area contributed by atoms with E-state index >= 15 is 0 Å². The number of rotatable bonds is 8. The maximum Gasteiger partial charge on any atom is 0.249 e. The molecule has 0 aliphatic rings. The Kier molecular flexibility index (Phi) is 7.39. The first-order chi connectivity index (χ1) is 10.5. The minimum absolute atomic E-state index is 0.00195. The van der Waals surface area contributed by atoms with Crippen LogP contribution in [0.1, 0.15) is 25.8 Å². The van der Waals surface area contributed by atoms with Crippen LogP contribution in [0, 0.1) is 0 Å². The van der Waals surface area contributed by atoms with Gasteiger partial charge in [-0.05, 0) is 31.5 Å². The monoisotopic (exact) mass is 303 g/mol. The van der Waals surface area contributed by atoms with E-state index in [1.54, 1.807) is 12.1 Å². The van der Waals surface area contributed by atoms with Crippen molar-refractivity contribution in [2.24, 2.45) is 5.10 Å². The van der Waals surface area contributed by atoms with Gasteiger partial charge >= 0.3 is 0 Å². The minimum atomic E-state index is -0.464. The fourth-order valence-corrected chi connectivity index (χ4v) is 1.58. The summed E-state index contributed by atoms with van der Waals surface area (Å²) in [4.78, 5) is 22.9. The molecule has 0 radical (unpaired) electrons. The quantitative estimate of drug-likeness (QED) is 0.331. The van der Waals surface area contributed by atoms with Gasteiger partial charge < -0.3 is 10.1 Å². The van der Waals surface area contributed by atoms with Gasteiger partial charge in [0.2, 0.25) is 11.8 Å². The van der Waals surface area contributed by atoms with Crippen LogP contribution in [0.2, 0.25) is 0 Å². The van der Waals surface area contributed by atoms with Crippen molar-refractivity contribution in [1.29, 1.82) is 0 Å². The van der Waals surface area contributed by atoms with Crippen LogP contribution in [0.15, 0.2) is 42.0 Å². The average Bonchev–Trinajstić information content (AvgIpc) is 2.44. The van der Waals surface area contributed by atoms with E-state index in [2.05, 4.69) is 22.4 Å². The minimum Gasteiger partial charge on any atom is -0.490 e. The van der Waals surface area contributed by atoms with Gasteiger partial charge in [-0.1, -0.05) is 24.8 Å². The van der Waals surface area contributed by atoms with Crippen molar-refractivity contribution in [3.05, 3.63) is 42.5 Å². The Morgan fingerprint density at radius 1 is 1.36 bits per heavy atom. The Labute approximate surface area is 130 Å². The lowest BCUT2D eigenvalue weighted by Gasteiger charge is -2.07. The van der Waals surface area contributed by atoms with Crippen molar-refractivity contribution in [2.45, 2.75) is 26.3 Å². The van der Waals surface area contributed by atoms with E-state index in [-0.39, 0.29) is 18.4 Å². The molecule has 6 heteroatoms. The topological polar surface area (TPSA) is 79.8 Å². The van der Waals surface area contributed by atoms with Crippen LogP contribution in [-0.4, -0.2) is 30.7 Å². The molecule has 0 atom stereocenters. The van der Waals surface area contributed by atoms with Crippen molar-refractivity contribution < 1.29 is 14.3 Å². The third-order valence-electron chi connectivity index (χ3n) is 2.40. The molecular weight excluding hydrogens is 282 g/mol. The lowest BCUT2D eigenvalue weighted by molar-refractivity contribution is -0.129. The first kappa shape index (κ1) is 17.4. The van der Waals surface area contributed by atoms with Crippen LogP contribution >= 0.6 is 0 Å². The normalized spacial score (nSPS) is 10.5. The molecule has 0 bridgehead atoms. The molecular formula is C16H21N3O3. The number of amides is 2. The van der Waals surface area contributed by atoms with Crippen molar-refractivity contribution in [3.63, 3.8) is 0 Å². The van der Waals surface area contributed by atoms with Crippen LogP contribution in [0.25, 0.3) is 0 Å². The third kappa shape index (κ3) is 7.23. The van der Waals surface area contributed by atoms with E-state index in [0.717, 1.165) is 5.56 Å². The van der Waals surface area contributed by atoms with Crippen molar-refractivity contribution in [3.8, 4) is 5.75 Å². The molecule has 0 aliphatic carbocycles. The van der Waals surface area contributed by atoms with Gasteiger partial charge in [0.1, 0.15) is 18.8 Å². The molecule has 1 aromatic carbocycles. The van der Waals surface area contributed by atoms with E-state index in [0.29, 0.717) is 12.4 Å². The first-order valence-electron chi connectivity index (χ1n) is 6.96. The highest BCUT2D eigenvalue weighted by molar-refractivity contribution is 5.97. The zero-order valence-corrected chi connectivity index (χ0v) is 12.8. The van der Waals surface area contributed by atoms with Gasteiger partial charge in [0.15, 0.2) is 0 Å². The second-order valence-corrected chi connectivity index (χ2v) is 4.86. The molecule has 0 heterocycles. The summed E-state index contributed by atoms with van der Waals surface area (Å²) in [5, 5.41) is 6.45. The molecule has 0 aromatic heterocycles. The fraction of sp³-hybridized carbons (Fsp3) is 0.312. The molecule has 0 saturated carbocycles. The third-order valence-corrected chi connectivity index (χ3v) is 2.40. The van der Waals surface area contributed by atoms with Gasteiger partial charge in [0, 0.05) is 6.04 Å². The summed E-state index contributed by atoms with van der Waals surface area (Å²) in [5.74, 6) is -0.109. The number of carbonyl (C=O) groups is 2. The number of ether oxygens (including phenoxy) is 1. The lowest BCUT2D eigenvalue weighted by atomic mass is 10.2. The maximum absolute atomic E-state index is 11.5. The number of carbonyl (C=O) groups excluding carboxylic acids is 2. The Morgan fingerprint density at radius 3 is 2.82 bits per heavy atom. The molecule has 0 unspecified atom stereocenters. The van der Waals surface area contributed by atoms with Crippen LogP contribution < -0.4 is 15.5 Å². The zero-order chi connectivity index (χ0) is 16.4. The van der Waals surface area contributed by atoms with E-state index in [9.17, 15) is 9.59 Å². The Bertz CT molecular complexity index is 553. The summed E-state index contributed by atoms with van der Waals surface area (Å²) >= 11 is 0. The van der Waals surface area contributed by atoms with Crippen molar-refractivity contribution in [1.82, 2.24) is 10.7 Å². The number of hydrogen-bond donors (Lipinski definition) is 2. The molecule has 2 amide bonds.